The van der Waals surface area contributed by atoms with Gasteiger partial charge < -0.3 is 5.11 Å². The van der Waals surface area contributed by atoms with Gasteiger partial charge in [-0.05, 0) is 37.0 Å². The Hall–Kier alpha value is -1.94. The van der Waals surface area contributed by atoms with Crippen molar-refractivity contribution in [1.29, 1.82) is 0 Å². The third-order valence-corrected chi connectivity index (χ3v) is 4.22. The SMILES string of the molecule is CCC(C)C1=C(C)N=C(c2ccc(Cl)cc2)C(C(=O)O)C1=O. The number of ketones is 1. The summed E-state index contributed by atoms with van der Waals surface area (Å²) in [6.45, 7) is 5.64. The lowest BCUT2D eigenvalue weighted by molar-refractivity contribution is -0.142. The van der Waals surface area contributed by atoms with Gasteiger partial charge in [-0.15, -0.1) is 0 Å². The molecule has 0 bridgehead atoms. The Morgan fingerprint density at radius 3 is 2.45 bits per heavy atom. The molecule has 2 atom stereocenters. The summed E-state index contributed by atoms with van der Waals surface area (Å²) in [7, 11) is 0. The zero-order chi connectivity index (χ0) is 16.4. The van der Waals surface area contributed by atoms with Crippen LogP contribution in [0.1, 0.15) is 32.8 Å². The first kappa shape index (κ1) is 16.4. The van der Waals surface area contributed by atoms with E-state index in [-0.39, 0.29) is 17.4 Å². The predicted molar refractivity (Wildman–Crippen MR) is 86.3 cm³/mol. The highest BCUT2D eigenvalue weighted by Crippen LogP contribution is 2.30. The number of carboxylic acid groups (broad SMARTS) is 1. The first-order chi connectivity index (χ1) is 10.4. The van der Waals surface area contributed by atoms with Crippen LogP contribution in [0.25, 0.3) is 0 Å². The lowest BCUT2D eigenvalue weighted by Gasteiger charge is -2.25. The lowest BCUT2D eigenvalue weighted by atomic mass is 9.81. The van der Waals surface area contributed by atoms with Crippen molar-refractivity contribution in [3.8, 4) is 0 Å². The van der Waals surface area contributed by atoms with Crippen molar-refractivity contribution in [2.45, 2.75) is 27.2 Å². The molecular weight excluding hydrogens is 302 g/mol. The number of halogens is 1. The van der Waals surface area contributed by atoms with Crippen molar-refractivity contribution in [2.24, 2.45) is 16.8 Å². The molecule has 1 heterocycles. The number of hydrogen-bond donors (Lipinski definition) is 1. The van der Waals surface area contributed by atoms with Gasteiger partial charge in [-0.3, -0.25) is 14.6 Å². The molecule has 0 saturated carbocycles. The monoisotopic (exact) mass is 319 g/mol. The van der Waals surface area contributed by atoms with Gasteiger partial charge in [0.1, 0.15) is 0 Å². The molecule has 1 aliphatic rings. The summed E-state index contributed by atoms with van der Waals surface area (Å²) < 4.78 is 0. The van der Waals surface area contributed by atoms with Crippen LogP contribution in [0.5, 0.6) is 0 Å². The van der Waals surface area contributed by atoms with Crippen LogP contribution in [0.3, 0.4) is 0 Å². The van der Waals surface area contributed by atoms with E-state index in [1.54, 1.807) is 31.2 Å². The molecule has 0 fully saturated rings. The van der Waals surface area contributed by atoms with Gasteiger partial charge in [-0.25, -0.2) is 0 Å². The molecule has 1 aromatic carbocycles. The fourth-order valence-corrected chi connectivity index (χ4v) is 2.77. The van der Waals surface area contributed by atoms with E-state index in [0.29, 0.717) is 21.9 Å². The highest BCUT2D eigenvalue weighted by atomic mass is 35.5. The van der Waals surface area contributed by atoms with E-state index in [2.05, 4.69) is 4.99 Å². The van der Waals surface area contributed by atoms with Crippen LogP contribution < -0.4 is 0 Å². The van der Waals surface area contributed by atoms with Crippen molar-refractivity contribution in [1.82, 2.24) is 0 Å². The van der Waals surface area contributed by atoms with Crippen molar-refractivity contribution >= 4 is 29.1 Å². The van der Waals surface area contributed by atoms with E-state index in [0.717, 1.165) is 6.42 Å². The predicted octanol–water partition coefficient (Wildman–Crippen LogP) is 3.73. The van der Waals surface area contributed by atoms with E-state index in [9.17, 15) is 14.7 Å². The molecule has 2 unspecified atom stereocenters. The van der Waals surface area contributed by atoms with Gasteiger partial charge >= 0.3 is 5.97 Å². The first-order valence-corrected chi connectivity index (χ1v) is 7.56. The maximum Gasteiger partial charge on any atom is 0.320 e. The second-order valence-corrected chi connectivity index (χ2v) is 5.88. The number of carbonyl (C=O) groups is 2. The Morgan fingerprint density at radius 1 is 1.36 bits per heavy atom. The molecule has 0 amide bonds. The second kappa shape index (κ2) is 6.44. The molecule has 0 saturated heterocycles. The molecule has 5 heteroatoms. The minimum absolute atomic E-state index is 0.00938. The summed E-state index contributed by atoms with van der Waals surface area (Å²) in [5.74, 6) is -2.80. The Bertz CT molecular complexity index is 674. The normalized spacial score (nSPS) is 19.9. The van der Waals surface area contributed by atoms with Gasteiger partial charge in [-0.1, -0.05) is 37.6 Å². The standard InChI is InChI=1S/C17H18ClNO3/c1-4-9(2)13-10(3)19-15(14(16(13)20)17(21)22)11-5-7-12(18)8-6-11/h5-9,14H,4H2,1-3H3,(H,21,22). The maximum absolute atomic E-state index is 12.7. The molecule has 4 nitrogen and oxygen atoms in total. The van der Waals surface area contributed by atoms with Crippen LogP contribution in [0.15, 0.2) is 40.5 Å². The number of aliphatic imine (C=N–C) groups is 1. The molecule has 0 aliphatic carbocycles. The van der Waals surface area contributed by atoms with Crippen molar-refractivity contribution in [3.05, 3.63) is 46.1 Å². The van der Waals surface area contributed by atoms with E-state index < -0.39 is 11.9 Å². The highest BCUT2D eigenvalue weighted by Gasteiger charge is 2.39. The van der Waals surface area contributed by atoms with E-state index in [1.807, 2.05) is 13.8 Å². The molecule has 116 valence electrons. The topological polar surface area (TPSA) is 66.7 Å². The average molecular weight is 320 g/mol. The van der Waals surface area contributed by atoms with E-state index >= 15 is 0 Å². The maximum atomic E-state index is 12.7. The van der Waals surface area contributed by atoms with Gasteiger partial charge in [0.15, 0.2) is 11.7 Å². The largest absolute Gasteiger partial charge is 0.480 e. The third kappa shape index (κ3) is 2.97. The van der Waals surface area contributed by atoms with Crippen LogP contribution in [0.4, 0.5) is 0 Å². The van der Waals surface area contributed by atoms with Gasteiger partial charge in [0.25, 0.3) is 0 Å². The van der Waals surface area contributed by atoms with E-state index in [4.69, 9.17) is 11.6 Å². The number of aliphatic carboxylic acids is 1. The zero-order valence-corrected chi connectivity index (χ0v) is 13.5. The molecule has 1 N–H and O–H groups in total. The van der Waals surface area contributed by atoms with Crippen LogP contribution in [0, 0.1) is 11.8 Å². The van der Waals surface area contributed by atoms with Gasteiger partial charge in [0, 0.05) is 16.3 Å². The summed E-state index contributed by atoms with van der Waals surface area (Å²) in [4.78, 5) is 28.7. The number of hydrogen-bond acceptors (Lipinski definition) is 3. The Morgan fingerprint density at radius 2 is 1.95 bits per heavy atom. The Kier molecular flexibility index (Phi) is 4.81. The number of benzene rings is 1. The number of carbonyl (C=O) groups excluding carboxylic acids is 1. The second-order valence-electron chi connectivity index (χ2n) is 5.45. The van der Waals surface area contributed by atoms with Crippen molar-refractivity contribution in [3.63, 3.8) is 0 Å². The lowest BCUT2D eigenvalue weighted by Crippen LogP contribution is -2.37. The Balaban J connectivity index is 2.59. The minimum atomic E-state index is -1.26. The van der Waals surface area contributed by atoms with Crippen molar-refractivity contribution < 1.29 is 14.7 Å². The molecule has 0 aromatic heterocycles. The molecule has 22 heavy (non-hydrogen) atoms. The van der Waals surface area contributed by atoms with Gasteiger partial charge in [0.05, 0.1) is 5.71 Å². The van der Waals surface area contributed by atoms with Crippen LogP contribution in [-0.2, 0) is 9.59 Å². The number of nitrogens with zero attached hydrogens (tertiary/aromatic N) is 1. The molecular formula is C17H18ClNO3. The Labute approximate surface area is 134 Å². The molecule has 1 aliphatic heterocycles. The molecule has 2 rings (SSSR count). The third-order valence-electron chi connectivity index (χ3n) is 3.97. The summed E-state index contributed by atoms with van der Waals surface area (Å²) in [6.07, 6.45) is 0.760. The molecule has 1 aromatic rings. The van der Waals surface area contributed by atoms with Crippen LogP contribution in [-0.4, -0.2) is 22.6 Å². The molecule has 0 radical (unpaired) electrons. The van der Waals surface area contributed by atoms with Crippen LogP contribution >= 0.6 is 11.6 Å². The quantitative estimate of drug-likeness (QED) is 0.860. The fourth-order valence-electron chi connectivity index (χ4n) is 2.65. The summed E-state index contributed by atoms with van der Waals surface area (Å²) in [5.41, 5.74) is 2.00. The van der Waals surface area contributed by atoms with Gasteiger partial charge in [0.2, 0.25) is 0 Å². The molecule has 0 spiro atoms. The number of rotatable bonds is 4. The van der Waals surface area contributed by atoms with Gasteiger partial charge in [-0.2, -0.15) is 0 Å². The summed E-state index contributed by atoms with van der Waals surface area (Å²) >= 11 is 5.86. The van der Waals surface area contributed by atoms with Crippen molar-refractivity contribution in [2.75, 3.05) is 0 Å². The van der Waals surface area contributed by atoms with E-state index in [1.165, 1.54) is 0 Å². The summed E-state index contributed by atoms with van der Waals surface area (Å²) in [5, 5.41) is 10.1. The average Bonchev–Trinajstić information content (AvgIpc) is 2.46. The highest BCUT2D eigenvalue weighted by molar-refractivity contribution is 6.31. The summed E-state index contributed by atoms with van der Waals surface area (Å²) in [6, 6.07) is 6.69. The minimum Gasteiger partial charge on any atom is -0.480 e. The number of allylic oxidation sites excluding steroid dienone is 2. The van der Waals surface area contributed by atoms with Crippen LogP contribution in [0.2, 0.25) is 5.02 Å². The smallest absolute Gasteiger partial charge is 0.320 e. The first-order valence-electron chi connectivity index (χ1n) is 7.19. The number of carboxylic acids is 1. The zero-order valence-electron chi connectivity index (χ0n) is 12.8. The number of Topliss-reactive ketones (excluding diaryl/α,β-unsaturated/α-hetero) is 1. The fraction of sp³-hybridized carbons (Fsp3) is 0.353.